The number of phenols is 1. The topological polar surface area (TPSA) is 40.5 Å². The average Bonchev–Trinajstić information content (AvgIpc) is 3.26. The first-order chi connectivity index (χ1) is 18.2. The third kappa shape index (κ3) is 3.55. The van der Waals surface area contributed by atoms with Crippen molar-refractivity contribution in [1.29, 1.82) is 0 Å². The zero-order valence-electron chi connectivity index (χ0n) is 25.2. The Hall–Kier alpha value is -1.25. The molecule has 0 aliphatic heterocycles. The molecule has 0 amide bonds. The number of fused-ring (bicyclic) bond motifs is 7. The minimum Gasteiger partial charge on any atom is -0.506 e. The van der Waals surface area contributed by atoms with E-state index in [1.54, 1.807) is 6.07 Å². The molecule has 39 heavy (non-hydrogen) atoms. The van der Waals surface area contributed by atoms with E-state index in [1.807, 2.05) is 12.1 Å². The van der Waals surface area contributed by atoms with Crippen LogP contribution in [0.3, 0.4) is 0 Å². The smallest absolute Gasteiger partial charge is 0.134 e. The number of benzene rings is 1. The summed E-state index contributed by atoms with van der Waals surface area (Å²) >= 11 is 6.37. The highest BCUT2D eigenvalue weighted by molar-refractivity contribution is 6.32. The van der Waals surface area contributed by atoms with Crippen molar-refractivity contribution in [2.45, 2.75) is 99.3 Å². The second kappa shape index (κ2) is 8.87. The molecule has 0 heterocycles. The third-order valence-electron chi connectivity index (χ3n) is 14.4. The SMILES string of the molecule is C=C(C)[C@@H]1CC[C@]2(CO)CC[C@]3(C)C(CCC4[C@@]5(C)CC=C(c6ccc(O)c(Cl)c6)C(C)(C)C5CC[C@]43C)C12. The lowest BCUT2D eigenvalue weighted by molar-refractivity contribution is -0.228. The van der Waals surface area contributed by atoms with E-state index in [4.69, 9.17) is 11.6 Å². The van der Waals surface area contributed by atoms with Crippen LogP contribution < -0.4 is 0 Å². The van der Waals surface area contributed by atoms with Gasteiger partial charge in [-0.15, -0.1) is 0 Å². The number of aromatic hydroxyl groups is 1. The summed E-state index contributed by atoms with van der Waals surface area (Å²) in [5.74, 6) is 3.33. The Morgan fingerprint density at radius 3 is 2.36 bits per heavy atom. The van der Waals surface area contributed by atoms with Crippen molar-refractivity contribution >= 4 is 17.2 Å². The molecule has 2 nitrogen and oxygen atoms in total. The standard InChI is InChI=1S/C36H51ClO2/c1-22(2)24-12-17-36(21-38)19-18-34(6)26(31(24)36)9-11-30-33(5)15-13-25(23-8-10-28(39)27(37)20-23)32(3,4)29(33)14-16-35(30,34)7/h8,10,13,20,24,26,29-31,38-39H,1,9,11-12,14-19,21H2,2-7H3/t24-,26?,29?,30?,31?,33-,34+,35+,36+/m0/s1. The molecule has 0 saturated heterocycles. The van der Waals surface area contributed by atoms with Crippen molar-refractivity contribution in [2.75, 3.05) is 6.61 Å². The van der Waals surface area contributed by atoms with Crippen molar-refractivity contribution in [3.8, 4) is 5.75 Å². The second-order valence-electron chi connectivity index (χ2n) is 15.9. The quantitative estimate of drug-likeness (QED) is 0.368. The highest BCUT2D eigenvalue weighted by atomic mass is 35.5. The molecule has 9 atom stereocenters. The van der Waals surface area contributed by atoms with E-state index in [2.05, 4.69) is 54.2 Å². The average molecular weight is 551 g/mol. The Kier molecular flexibility index (Phi) is 6.35. The molecule has 1 aromatic carbocycles. The van der Waals surface area contributed by atoms with Gasteiger partial charge in [-0.3, -0.25) is 0 Å². The van der Waals surface area contributed by atoms with Crippen LogP contribution in [0.5, 0.6) is 5.75 Å². The normalized spacial score (nSPS) is 46.4. The summed E-state index contributed by atoms with van der Waals surface area (Å²) in [5.41, 5.74) is 4.96. The van der Waals surface area contributed by atoms with Crippen LogP contribution in [0.1, 0.15) is 105 Å². The fourth-order valence-electron chi connectivity index (χ4n) is 12.3. The van der Waals surface area contributed by atoms with Gasteiger partial charge in [-0.25, -0.2) is 0 Å². The van der Waals surface area contributed by atoms with Crippen molar-refractivity contribution < 1.29 is 10.2 Å². The molecule has 5 aliphatic carbocycles. The molecule has 2 N–H and O–H groups in total. The van der Waals surface area contributed by atoms with Crippen LogP contribution in [0.2, 0.25) is 5.02 Å². The van der Waals surface area contributed by atoms with Gasteiger partial charge in [0.25, 0.3) is 0 Å². The predicted molar refractivity (Wildman–Crippen MR) is 163 cm³/mol. The van der Waals surface area contributed by atoms with Crippen LogP contribution in [-0.2, 0) is 0 Å². The highest BCUT2D eigenvalue weighted by Crippen LogP contribution is 2.77. The van der Waals surface area contributed by atoms with Crippen LogP contribution in [0, 0.1) is 56.7 Å². The van der Waals surface area contributed by atoms with Gasteiger partial charge in [0, 0.05) is 6.61 Å². The van der Waals surface area contributed by atoms with Gasteiger partial charge in [0.15, 0.2) is 0 Å². The summed E-state index contributed by atoms with van der Waals surface area (Å²) in [5, 5.41) is 21.3. The Morgan fingerprint density at radius 2 is 1.69 bits per heavy atom. The number of halogens is 1. The van der Waals surface area contributed by atoms with Crippen LogP contribution in [-0.4, -0.2) is 16.8 Å². The largest absolute Gasteiger partial charge is 0.506 e. The minimum absolute atomic E-state index is 0.0431. The Morgan fingerprint density at radius 1 is 0.949 bits per heavy atom. The van der Waals surface area contributed by atoms with E-state index >= 15 is 0 Å². The molecule has 4 fully saturated rings. The van der Waals surface area contributed by atoms with E-state index in [0.29, 0.717) is 52.0 Å². The first kappa shape index (κ1) is 27.9. The number of hydrogen-bond donors (Lipinski definition) is 2. The summed E-state index contributed by atoms with van der Waals surface area (Å²) in [7, 11) is 0. The fourth-order valence-corrected chi connectivity index (χ4v) is 12.5. The number of phenolic OH excluding ortho intramolecular Hbond substituents is 1. The van der Waals surface area contributed by atoms with Crippen molar-refractivity contribution in [3.63, 3.8) is 0 Å². The van der Waals surface area contributed by atoms with Gasteiger partial charge in [0.05, 0.1) is 5.02 Å². The highest BCUT2D eigenvalue weighted by Gasteiger charge is 2.70. The predicted octanol–water partition coefficient (Wildman–Crippen LogP) is 9.69. The zero-order valence-corrected chi connectivity index (χ0v) is 26.0. The summed E-state index contributed by atoms with van der Waals surface area (Å²) in [6.45, 7) is 20.0. The zero-order chi connectivity index (χ0) is 28.2. The van der Waals surface area contributed by atoms with E-state index in [9.17, 15) is 10.2 Å². The Balaban J connectivity index is 1.38. The summed E-state index contributed by atoms with van der Waals surface area (Å²) in [6, 6.07) is 5.76. The molecule has 3 heteroatoms. The Bertz CT molecular complexity index is 1210. The number of allylic oxidation sites excluding steroid dienone is 3. The van der Waals surface area contributed by atoms with Gasteiger partial charge in [-0.1, -0.05) is 70.5 Å². The maximum absolute atomic E-state index is 10.8. The molecule has 6 rings (SSSR count). The van der Waals surface area contributed by atoms with Crippen molar-refractivity contribution in [1.82, 2.24) is 0 Å². The van der Waals surface area contributed by atoms with Crippen molar-refractivity contribution in [2.24, 2.45) is 56.7 Å². The molecule has 0 bridgehead atoms. The van der Waals surface area contributed by atoms with E-state index in [-0.39, 0.29) is 22.0 Å². The molecular formula is C36H51ClO2. The maximum Gasteiger partial charge on any atom is 0.134 e. The summed E-state index contributed by atoms with van der Waals surface area (Å²) < 4.78 is 0. The number of hydrogen-bond acceptors (Lipinski definition) is 2. The molecule has 4 unspecified atom stereocenters. The summed E-state index contributed by atoms with van der Waals surface area (Å²) in [6.07, 6.45) is 13.7. The third-order valence-corrected chi connectivity index (χ3v) is 14.7. The van der Waals surface area contributed by atoms with Gasteiger partial charge >= 0.3 is 0 Å². The minimum atomic E-state index is 0.0431. The number of aliphatic hydroxyl groups excluding tert-OH is 1. The molecular weight excluding hydrogens is 500 g/mol. The molecule has 0 aromatic heterocycles. The van der Waals surface area contributed by atoms with Gasteiger partial charge in [0.1, 0.15) is 5.75 Å². The fraction of sp³-hybridized carbons (Fsp3) is 0.722. The van der Waals surface area contributed by atoms with E-state index in [1.165, 1.54) is 62.5 Å². The maximum atomic E-state index is 10.8. The second-order valence-corrected chi connectivity index (χ2v) is 16.3. The lowest BCUT2D eigenvalue weighted by atomic mass is 9.32. The van der Waals surface area contributed by atoms with Crippen LogP contribution in [0.15, 0.2) is 36.4 Å². The molecule has 0 radical (unpaired) electrons. The van der Waals surface area contributed by atoms with Gasteiger partial charge in [-0.2, -0.15) is 0 Å². The van der Waals surface area contributed by atoms with Crippen LogP contribution in [0.4, 0.5) is 0 Å². The Labute approximate surface area is 242 Å². The molecule has 4 saturated carbocycles. The van der Waals surface area contributed by atoms with Crippen molar-refractivity contribution in [3.05, 3.63) is 47.0 Å². The lowest BCUT2D eigenvalue weighted by Gasteiger charge is -2.72. The number of aliphatic hydroxyl groups is 1. The number of rotatable bonds is 3. The van der Waals surface area contributed by atoms with Gasteiger partial charge in [0.2, 0.25) is 0 Å². The summed E-state index contributed by atoms with van der Waals surface area (Å²) in [4.78, 5) is 0. The molecule has 0 spiro atoms. The molecule has 214 valence electrons. The first-order valence-corrected chi connectivity index (χ1v) is 16.1. The van der Waals surface area contributed by atoms with E-state index in [0.717, 1.165) is 12.0 Å². The first-order valence-electron chi connectivity index (χ1n) is 15.7. The molecule has 5 aliphatic rings. The van der Waals surface area contributed by atoms with E-state index < -0.39 is 0 Å². The monoisotopic (exact) mass is 550 g/mol. The lowest BCUT2D eigenvalue weighted by Crippen LogP contribution is -2.65. The van der Waals surface area contributed by atoms with Gasteiger partial charge < -0.3 is 10.2 Å². The van der Waals surface area contributed by atoms with Crippen LogP contribution >= 0.6 is 11.6 Å². The molecule has 1 aromatic rings. The van der Waals surface area contributed by atoms with Gasteiger partial charge in [-0.05, 0) is 145 Å². The van der Waals surface area contributed by atoms with Crippen LogP contribution in [0.25, 0.3) is 5.57 Å².